The summed E-state index contributed by atoms with van der Waals surface area (Å²) in [5.74, 6) is 0.839. The summed E-state index contributed by atoms with van der Waals surface area (Å²) in [4.78, 5) is 13.9. The Balaban J connectivity index is 1.60. The van der Waals surface area contributed by atoms with Crippen LogP contribution in [0.15, 0.2) is 98.1 Å². The van der Waals surface area contributed by atoms with Gasteiger partial charge in [0.25, 0.3) is 0 Å². The highest BCUT2D eigenvalue weighted by Gasteiger charge is 2.15. The number of benzene rings is 1. The van der Waals surface area contributed by atoms with Gasteiger partial charge in [0.05, 0.1) is 23.3 Å². The van der Waals surface area contributed by atoms with E-state index in [1.165, 1.54) is 0 Å². The van der Waals surface area contributed by atoms with Crippen LogP contribution in [0.25, 0.3) is 46.3 Å². The largest absolute Gasteiger partial charge is 0.317 e. The summed E-state index contributed by atoms with van der Waals surface area (Å²) in [5.41, 5.74) is 7.87. The first-order valence-electron chi connectivity index (χ1n) is 11.2. The Hall–Kier alpha value is -4.51. The fraction of sp³-hybridized carbons (Fsp3) is 0.0690. The van der Waals surface area contributed by atoms with E-state index in [1.807, 2.05) is 62.7 Å². The first kappa shape index (κ1) is 21.3. The van der Waals surface area contributed by atoms with Gasteiger partial charge in [-0.05, 0) is 80.1 Å². The third kappa shape index (κ3) is 3.99. The molecule has 166 valence electrons. The lowest BCUT2D eigenvalue weighted by molar-refractivity contribution is 1.03. The number of imidazole rings is 1. The topological polar surface area (TPSA) is 48.5 Å². The number of aryl methyl sites for hydroxylation is 1. The standard InChI is InChI=1S/C29H25N5/c1-4-8-28-22(5-2)16-18-33(28)24-14-11-23(12-15-24)29-32-27(26-9-6-7-17-30-26)20-34(29)25-13-10-21(3)31-19-25/h4-20H,2H2,1,3H3/b8-4-. The molecule has 0 radical (unpaired) electrons. The lowest BCUT2D eigenvalue weighted by Gasteiger charge is -2.10. The van der Waals surface area contributed by atoms with Crippen molar-refractivity contribution < 1.29 is 0 Å². The van der Waals surface area contributed by atoms with Crippen LogP contribution in [0.2, 0.25) is 0 Å². The van der Waals surface area contributed by atoms with Gasteiger partial charge in [-0.2, -0.15) is 0 Å². The predicted molar refractivity (Wildman–Crippen MR) is 139 cm³/mol. The molecule has 0 N–H and O–H groups in total. The van der Waals surface area contributed by atoms with Crippen LogP contribution in [0.4, 0.5) is 0 Å². The van der Waals surface area contributed by atoms with Gasteiger partial charge in [-0.3, -0.25) is 14.5 Å². The van der Waals surface area contributed by atoms with Gasteiger partial charge in [-0.25, -0.2) is 4.98 Å². The third-order valence-corrected chi connectivity index (χ3v) is 5.71. The first-order chi connectivity index (χ1) is 16.7. The number of rotatable bonds is 6. The van der Waals surface area contributed by atoms with Crippen molar-refractivity contribution in [1.29, 1.82) is 0 Å². The van der Waals surface area contributed by atoms with Crippen LogP contribution in [0.5, 0.6) is 0 Å². The lowest BCUT2D eigenvalue weighted by atomic mass is 10.1. The van der Waals surface area contributed by atoms with E-state index >= 15 is 0 Å². The molecule has 0 saturated heterocycles. The molecule has 5 heteroatoms. The SMILES string of the molecule is C=Cc1ccn(-c2ccc(-c3nc(-c4ccccn4)cn3-c3ccc(C)nc3)cc2)c1/C=C\C. The van der Waals surface area contributed by atoms with Gasteiger partial charge < -0.3 is 4.57 Å². The van der Waals surface area contributed by atoms with E-state index in [4.69, 9.17) is 4.98 Å². The number of hydrogen-bond acceptors (Lipinski definition) is 3. The van der Waals surface area contributed by atoms with Crippen molar-refractivity contribution in [2.45, 2.75) is 13.8 Å². The maximum Gasteiger partial charge on any atom is 0.145 e. The highest BCUT2D eigenvalue weighted by molar-refractivity contribution is 5.68. The van der Waals surface area contributed by atoms with Crippen LogP contribution >= 0.6 is 0 Å². The monoisotopic (exact) mass is 443 g/mol. The molecule has 0 bridgehead atoms. The summed E-state index contributed by atoms with van der Waals surface area (Å²) in [5, 5.41) is 0. The molecule has 34 heavy (non-hydrogen) atoms. The number of pyridine rings is 2. The smallest absolute Gasteiger partial charge is 0.145 e. The summed E-state index contributed by atoms with van der Waals surface area (Å²) >= 11 is 0. The molecule has 0 spiro atoms. The molecule has 5 nitrogen and oxygen atoms in total. The van der Waals surface area contributed by atoms with Crippen molar-refractivity contribution in [1.82, 2.24) is 24.1 Å². The Labute approximate surface area is 199 Å². The molecule has 4 heterocycles. The number of nitrogens with zero attached hydrogens (tertiary/aromatic N) is 5. The van der Waals surface area contributed by atoms with Crippen molar-refractivity contribution in [2.24, 2.45) is 0 Å². The maximum absolute atomic E-state index is 4.96. The van der Waals surface area contributed by atoms with E-state index in [0.29, 0.717) is 0 Å². The highest BCUT2D eigenvalue weighted by Crippen LogP contribution is 2.28. The van der Waals surface area contributed by atoms with E-state index in [1.54, 1.807) is 6.20 Å². The van der Waals surface area contributed by atoms with Crippen molar-refractivity contribution in [3.05, 3.63) is 115 Å². The van der Waals surface area contributed by atoms with E-state index in [-0.39, 0.29) is 0 Å². The number of allylic oxidation sites excluding steroid dienone is 1. The van der Waals surface area contributed by atoms with Gasteiger partial charge in [-0.15, -0.1) is 0 Å². The normalized spacial score (nSPS) is 11.2. The summed E-state index contributed by atoms with van der Waals surface area (Å²) in [6, 6.07) is 20.4. The Morgan fingerprint density at radius 1 is 0.853 bits per heavy atom. The molecule has 5 rings (SSSR count). The minimum absolute atomic E-state index is 0.816. The second-order valence-corrected chi connectivity index (χ2v) is 7.97. The Bertz CT molecular complexity index is 1450. The van der Waals surface area contributed by atoms with Crippen molar-refractivity contribution in [3.63, 3.8) is 0 Å². The zero-order valence-electron chi connectivity index (χ0n) is 19.3. The van der Waals surface area contributed by atoms with Crippen LogP contribution in [-0.4, -0.2) is 24.1 Å². The Kier molecular flexibility index (Phi) is 5.75. The Morgan fingerprint density at radius 2 is 1.68 bits per heavy atom. The van der Waals surface area contributed by atoms with Crippen LogP contribution in [0.3, 0.4) is 0 Å². The van der Waals surface area contributed by atoms with Crippen LogP contribution in [0, 0.1) is 6.92 Å². The molecule has 0 amide bonds. The molecule has 0 aliphatic rings. The highest BCUT2D eigenvalue weighted by atomic mass is 15.1. The van der Waals surface area contributed by atoms with E-state index < -0.39 is 0 Å². The van der Waals surface area contributed by atoms with Crippen LogP contribution in [0.1, 0.15) is 23.9 Å². The molecule has 0 fully saturated rings. The Morgan fingerprint density at radius 3 is 2.35 bits per heavy atom. The first-order valence-corrected chi connectivity index (χ1v) is 11.2. The summed E-state index contributed by atoms with van der Waals surface area (Å²) < 4.78 is 4.23. The van der Waals surface area contributed by atoms with Crippen LogP contribution in [-0.2, 0) is 0 Å². The van der Waals surface area contributed by atoms with Gasteiger partial charge in [-0.1, -0.05) is 24.8 Å². The molecule has 1 aromatic carbocycles. The molecule has 0 aliphatic heterocycles. The lowest BCUT2D eigenvalue weighted by Crippen LogP contribution is -1.99. The molecule has 4 aromatic heterocycles. The minimum atomic E-state index is 0.816. The van der Waals surface area contributed by atoms with Crippen molar-refractivity contribution >= 4 is 12.2 Å². The van der Waals surface area contributed by atoms with Crippen molar-refractivity contribution in [3.8, 4) is 34.2 Å². The van der Waals surface area contributed by atoms with E-state index in [0.717, 1.165) is 51.1 Å². The maximum atomic E-state index is 4.96. The number of aromatic nitrogens is 5. The summed E-state index contributed by atoms with van der Waals surface area (Å²) in [7, 11) is 0. The second-order valence-electron chi connectivity index (χ2n) is 7.97. The molecule has 0 atom stereocenters. The quantitative estimate of drug-likeness (QED) is 0.291. The molecule has 0 unspecified atom stereocenters. The molecule has 0 saturated carbocycles. The zero-order valence-corrected chi connectivity index (χ0v) is 19.3. The van der Waals surface area contributed by atoms with E-state index in [9.17, 15) is 0 Å². The average molecular weight is 444 g/mol. The van der Waals surface area contributed by atoms with Gasteiger partial charge in [0.1, 0.15) is 11.5 Å². The average Bonchev–Trinajstić information content (AvgIpc) is 3.50. The van der Waals surface area contributed by atoms with Gasteiger partial charge in [0.15, 0.2) is 0 Å². The third-order valence-electron chi connectivity index (χ3n) is 5.71. The van der Waals surface area contributed by atoms with Crippen molar-refractivity contribution in [2.75, 3.05) is 0 Å². The molecular weight excluding hydrogens is 418 g/mol. The van der Waals surface area contributed by atoms with Gasteiger partial charge in [0.2, 0.25) is 0 Å². The summed E-state index contributed by atoms with van der Waals surface area (Å²) in [6.45, 7) is 7.94. The fourth-order valence-corrected chi connectivity index (χ4v) is 3.98. The van der Waals surface area contributed by atoms with Crippen LogP contribution < -0.4 is 0 Å². The molecular formula is C29H25N5. The summed E-state index contributed by atoms with van der Waals surface area (Å²) in [6.07, 6.45) is 13.8. The second kappa shape index (κ2) is 9.16. The fourth-order valence-electron chi connectivity index (χ4n) is 3.98. The minimum Gasteiger partial charge on any atom is -0.317 e. The predicted octanol–water partition coefficient (Wildman–Crippen LogP) is 6.77. The van der Waals surface area contributed by atoms with E-state index in [2.05, 4.69) is 74.4 Å². The van der Waals surface area contributed by atoms with Gasteiger partial charge >= 0.3 is 0 Å². The number of hydrogen-bond donors (Lipinski definition) is 0. The molecule has 0 aliphatic carbocycles. The van der Waals surface area contributed by atoms with Gasteiger partial charge in [0, 0.05) is 35.5 Å². The zero-order chi connectivity index (χ0) is 23.5. The molecule has 5 aromatic rings.